The van der Waals surface area contributed by atoms with Crippen LogP contribution in [0.4, 0.5) is 0 Å². The van der Waals surface area contributed by atoms with Gasteiger partial charge in [0.15, 0.2) is 17.2 Å². The predicted molar refractivity (Wildman–Crippen MR) is 85.6 cm³/mol. The van der Waals surface area contributed by atoms with E-state index in [1.165, 1.54) is 0 Å². The molecule has 2 N–H and O–H groups in total. The SMILES string of the molecule is Cc1c(C(=O)N2CC[C@@H](N)C2)nnn1-c1ccc2c(c1)OCCO2. The summed E-state index contributed by atoms with van der Waals surface area (Å²) in [6.07, 6.45) is 0.821. The van der Waals surface area contributed by atoms with Crippen LogP contribution in [-0.2, 0) is 0 Å². The minimum atomic E-state index is -0.121. The van der Waals surface area contributed by atoms with Crippen molar-refractivity contribution in [2.24, 2.45) is 5.73 Å². The number of hydrogen-bond acceptors (Lipinski definition) is 6. The number of ether oxygens (including phenoxy) is 2. The van der Waals surface area contributed by atoms with Crippen molar-refractivity contribution in [3.63, 3.8) is 0 Å². The molecule has 3 heterocycles. The Morgan fingerprint density at radius 1 is 1.29 bits per heavy atom. The molecule has 2 aromatic rings. The first-order valence-corrected chi connectivity index (χ1v) is 8.00. The summed E-state index contributed by atoms with van der Waals surface area (Å²) in [4.78, 5) is 14.3. The zero-order valence-corrected chi connectivity index (χ0v) is 13.4. The number of benzene rings is 1. The molecule has 0 unspecified atom stereocenters. The van der Waals surface area contributed by atoms with Crippen LogP contribution >= 0.6 is 0 Å². The van der Waals surface area contributed by atoms with Crippen LogP contribution in [0.5, 0.6) is 11.5 Å². The van der Waals surface area contributed by atoms with E-state index in [9.17, 15) is 4.79 Å². The van der Waals surface area contributed by atoms with Crippen LogP contribution in [-0.4, -0.2) is 58.1 Å². The maximum Gasteiger partial charge on any atom is 0.276 e. The zero-order valence-electron chi connectivity index (χ0n) is 13.4. The molecular weight excluding hydrogens is 310 g/mol. The van der Waals surface area contributed by atoms with Crippen molar-refractivity contribution >= 4 is 5.91 Å². The van der Waals surface area contributed by atoms with E-state index in [0.29, 0.717) is 49.2 Å². The third-order valence-corrected chi connectivity index (χ3v) is 4.38. The third-order valence-electron chi connectivity index (χ3n) is 4.38. The summed E-state index contributed by atoms with van der Waals surface area (Å²) in [6.45, 7) is 4.13. The topological polar surface area (TPSA) is 95.5 Å². The van der Waals surface area contributed by atoms with Crippen molar-refractivity contribution in [2.45, 2.75) is 19.4 Å². The fourth-order valence-electron chi connectivity index (χ4n) is 3.06. The number of nitrogens with zero attached hydrogens (tertiary/aromatic N) is 4. The van der Waals surface area contributed by atoms with E-state index in [0.717, 1.165) is 12.1 Å². The van der Waals surface area contributed by atoms with Gasteiger partial charge in [0.1, 0.15) is 13.2 Å². The first kappa shape index (κ1) is 14.9. The monoisotopic (exact) mass is 329 g/mol. The molecule has 2 aliphatic rings. The van der Waals surface area contributed by atoms with Crippen molar-refractivity contribution in [3.8, 4) is 17.2 Å². The number of carbonyl (C=O) groups excluding carboxylic acids is 1. The average molecular weight is 329 g/mol. The van der Waals surface area contributed by atoms with E-state index in [4.69, 9.17) is 15.2 Å². The van der Waals surface area contributed by atoms with E-state index in [1.54, 1.807) is 9.58 Å². The molecule has 0 aliphatic carbocycles. The lowest BCUT2D eigenvalue weighted by molar-refractivity contribution is 0.0784. The average Bonchev–Trinajstić information content (AvgIpc) is 3.20. The highest BCUT2D eigenvalue weighted by Gasteiger charge is 2.28. The predicted octanol–water partition coefficient (Wildman–Crippen LogP) is 0.520. The molecule has 1 atom stereocenters. The van der Waals surface area contributed by atoms with Crippen LogP contribution in [0.15, 0.2) is 18.2 Å². The quantitative estimate of drug-likeness (QED) is 0.863. The summed E-state index contributed by atoms with van der Waals surface area (Å²) < 4.78 is 12.8. The molecule has 1 fully saturated rings. The number of rotatable bonds is 2. The molecule has 0 bridgehead atoms. The van der Waals surface area contributed by atoms with Gasteiger partial charge in [-0.1, -0.05) is 5.21 Å². The molecule has 1 aromatic carbocycles. The summed E-state index contributed by atoms with van der Waals surface area (Å²) in [6, 6.07) is 5.60. The van der Waals surface area contributed by atoms with Gasteiger partial charge >= 0.3 is 0 Å². The first-order chi connectivity index (χ1) is 11.6. The van der Waals surface area contributed by atoms with Crippen molar-refractivity contribution in [1.29, 1.82) is 0 Å². The fraction of sp³-hybridized carbons (Fsp3) is 0.438. The highest BCUT2D eigenvalue weighted by molar-refractivity contribution is 5.93. The van der Waals surface area contributed by atoms with Gasteiger partial charge in [0.25, 0.3) is 5.91 Å². The number of aromatic nitrogens is 3. The largest absolute Gasteiger partial charge is 0.486 e. The molecule has 1 saturated heterocycles. The lowest BCUT2D eigenvalue weighted by Gasteiger charge is -2.19. The normalized spacial score (nSPS) is 19.6. The number of amides is 1. The van der Waals surface area contributed by atoms with E-state index >= 15 is 0 Å². The van der Waals surface area contributed by atoms with Gasteiger partial charge < -0.3 is 20.1 Å². The summed E-state index contributed by atoms with van der Waals surface area (Å²) in [7, 11) is 0. The minimum absolute atomic E-state index is 0.0436. The van der Waals surface area contributed by atoms with Crippen LogP contribution in [0.1, 0.15) is 22.6 Å². The molecule has 8 heteroatoms. The molecule has 0 spiro atoms. The summed E-state index contributed by atoms with van der Waals surface area (Å²) in [5.41, 5.74) is 7.71. The molecule has 126 valence electrons. The van der Waals surface area contributed by atoms with E-state index in [-0.39, 0.29) is 11.9 Å². The Balaban J connectivity index is 1.63. The number of likely N-dealkylation sites (tertiary alicyclic amines) is 1. The minimum Gasteiger partial charge on any atom is -0.486 e. The van der Waals surface area contributed by atoms with Gasteiger partial charge in [-0.25, -0.2) is 4.68 Å². The molecule has 4 rings (SSSR count). The smallest absolute Gasteiger partial charge is 0.276 e. The van der Waals surface area contributed by atoms with Gasteiger partial charge in [0, 0.05) is 25.2 Å². The number of nitrogens with two attached hydrogens (primary N) is 1. The van der Waals surface area contributed by atoms with E-state index < -0.39 is 0 Å². The molecule has 1 amide bonds. The van der Waals surface area contributed by atoms with Crippen LogP contribution in [0.2, 0.25) is 0 Å². The molecule has 24 heavy (non-hydrogen) atoms. The Kier molecular flexibility index (Phi) is 3.61. The van der Waals surface area contributed by atoms with Crippen molar-refractivity contribution in [1.82, 2.24) is 19.9 Å². The van der Waals surface area contributed by atoms with Gasteiger partial charge in [-0.2, -0.15) is 0 Å². The number of hydrogen-bond donors (Lipinski definition) is 1. The number of carbonyl (C=O) groups is 1. The van der Waals surface area contributed by atoms with Gasteiger partial charge in [-0.05, 0) is 25.5 Å². The Labute approximate surface area is 139 Å². The van der Waals surface area contributed by atoms with E-state index in [1.807, 2.05) is 25.1 Å². The van der Waals surface area contributed by atoms with Crippen molar-refractivity contribution in [2.75, 3.05) is 26.3 Å². The molecule has 1 aromatic heterocycles. The molecule has 8 nitrogen and oxygen atoms in total. The Bertz CT molecular complexity index is 788. The Hall–Kier alpha value is -2.61. The first-order valence-electron chi connectivity index (χ1n) is 8.00. The lowest BCUT2D eigenvalue weighted by atomic mass is 10.2. The Morgan fingerprint density at radius 2 is 2.08 bits per heavy atom. The summed E-state index contributed by atoms with van der Waals surface area (Å²) in [5.74, 6) is 1.27. The van der Waals surface area contributed by atoms with Crippen LogP contribution in [0, 0.1) is 6.92 Å². The van der Waals surface area contributed by atoms with E-state index in [2.05, 4.69) is 10.3 Å². The molecule has 2 aliphatic heterocycles. The number of fused-ring (bicyclic) bond motifs is 1. The summed E-state index contributed by atoms with van der Waals surface area (Å²) >= 11 is 0. The standard InChI is InChI=1S/C16H19N5O3/c1-10-15(16(22)20-5-4-11(17)9-20)18-19-21(10)12-2-3-13-14(8-12)24-7-6-23-13/h2-3,8,11H,4-7,9,17H2,1H3/t11-/m1/s1. The van der Waals surface area contributed by atoms with Crippen LogP contribution in [0.25, 0.3) is 5.69 Å². The molecule has 0 saturated carbocycles. The van der Waals surface area contributed by atoms with Crippen molar-refractivity contribution < 1.29 is 14.3 Å². The van der Waals surface area contributed by atoms with Crippen LogP contribution < -0.4 is 15.2 Å². The Morgan fingerprint density at radius 3 is 2.83 bits per heavy atom. The highest BCUT2D eigenvalue weighted by Crippen LogP contribution is 2.32. The van der Waals surface area contributed by atoms with Gasteiger partial charge in [0.05, 0.1) is 11.4 Å². The third kappa shape index (κ3) is 2.48. The summed E-state index contributed by atoms with van der Waals surface area (Å²) in [5, 5.41) is 8.22. The second-order valence-corrected chi connectivity index (χ2v) is 6.06. The maximum absolute atomic E-state index is 12.6. The van der Waals surface area contributed by atoms with Gasteiger partial charge in [-0.3, -0.25) is 4.79 Å². The van der Waals surface area contributed by atoms with Crippen molar-refractivity contribution in [3.05, 3.63) is 29.6 Å². The maximum atomic E-state index is 12.6. The fourth-order valence-corrected chi connectivity index (χ4v) is 3.06. The van der Waals surface area contributed by atoms with Crippen LogP contribution in [0.3, 0.4) is 0 Å². The molecular formula is C16H19N5O3. The highest BCUT2D eigenvalue weighted by atomic mass is 16.6. The lowest BCUT2D eigenvalue weighted by Crippen LogP contribution is -2.32. The van der Waals surface area contributed by atoms with Gasteiger partial charge in [0.2, 0.25) is 0 Å². The second-order valence-electron chi connectivity index (χ2n) is 6.06. The molecule has 0 radical (unpaired) electrons. The zero-order chi connectivity index (χ0) is 16.7. The second kappa shape index (κ2) is 5.79. The van der Waals surface area contributed by atoms with Gasteiger partial charge in [-0.15, -0.1) is 5.10 Å².